The molecule has 0 aliphatic rings. The number of carboxylic acids is 2. The zero-order valence-corrected chi connectivity index (χ0v) is 30.1. The molecule has 4 nitrogen and oxygen atoms in total. The normalized spacial score (nSPS) is 13.6. The summed E-state index contributed by atoms with van der Waals surface area (Å²) in [5.74, 6) is 1.35. The molecule has 0 spiro atoms. The Morgan fingerprint density at radius 1 is 0.622 bits per heavy atom. The number of hydrogen-bond donors (Lipinski definition) is 0. The number of hydrogen-bond acceptors (Lipinski definition) is 6. The van der Waals surface area contributed by atoms with E-state index >= 15 is 0 Å². The van der Waals surface area contributed by atoms with Crippen molar-refractivity contribution < 1.29 is 19.8 Å². The van der Waals surface area contributed by atoms with Crippen molar-refractivity contribution in [3.8, 4) is 0 Å². The Balaban J connectivity index is -0.000000481. The van der Waals surface area contributed by atoms with Crippen molar-refractivity contribution >= 4 is 56.6 Å². The summed E-state index contributed by atoms with van der Waals surface area (Å²) in [5, 5.41) is 20.2. The van der Waals surface area contributed by atoms with Crippen LogP contribution in [0.1, 0.15) is 132 Å². The van der Waals surface area contributed by atoms with E-state index in [1.54, 1.807) is 22.7 Å². The second kappa shape index (κ2) is 32.6. The van der Waals surface area contributed by atoms with Crippen molar-refractivity contribution in [2.75, 3.05) is 11.5 Å². The average molecular weight is 668 g/mol. The van der Waals surface area contributed by atoms with Crippen LogP contribution in [-0.2, 0) is 9.59 Å². The van der Waals surface area contributed by atoms with Gasteiger partial charge in [-0.3, -0.25) is 0 Å². The van der Waals surface area contributed by atoms with Crippen LogP contribution in [0.15, 0.2) is 0 Å². The first kappa shape index (κ1) is 41.9. The Hall–Kier alpha value is 0.439. The second-order valence-electron chi connectivity index (χ2n) is 9.88. The van der Waals surface area contributed by atoms with Gasteiger partial charge in [-0.1, -0.05) is 66.2 Å². The third-order valence-electron chi connectivity index (χ3n) is 6.33. The molecule has 0 aliphatic carbocycles. The van der Waals surface area contributed by atoms with Crippen LogP contribution < -0.4 is 10.2 Å². The molecule has 0 amide bonds. The van der Waals surface area contributed by atoms with Crippen molar-refractivity contribution in [2.24, 2.45) is 11.8 Å². The molecule has 4 unspecified atom stereocenters. The molecule has 0 aliphatic heterocycles. The fourth-order valence-corrected chi connectivity index (χ4v) is 9.58. The van der Waals surface area contributed by atoms with Gasteiger partial charge in [0.05, 0.1) is 11.9 Å². The summed E-state index contributed by atoms with van der Waals surface area (Å²) >= 11 is 3.16. The van der Waals surface area contributed by atoms with Gasteiger partial charge in [0, 0.05) is 10.5 Å². The first-order valence-electron chi connectivity index (χ1n) is 15.0. The van der Waals surface area contributed by atoms with Gasteiger partial charge in [-0.15, -0.1) is 0 Å². The SMILES string of the molecule is CCCCC(CC)CSC(C)C(=O)[O-].CCCCC(CC)CSC(C)C(=O)[O-].CCC[CH2][Sn+2][CH2]CCC. The first-order chi connectivity index (χ1) is 17.6. The Morgan fingerprint density at radius 3 is 1.19 bits per heavy atom. The summed E-state index contributed by atoms with van der Waals surface area (Å²) in [6.45, 7) is 16.7. The predicted molar refractivity (Wildman–Crippen MR) is 166 cm³/mol. The molecular formula is C30H60O4S2Sn. The molecule has 37 heavy (non-hydrogen) atoms. The van der Waals surface area contributed by atoms with Gasteiger partial charge in [0.25, 0.3) is 0 Å². The van der Waals surface area contributed by atoms with Crippen LogP contribution in [0.3, 0.4) is 0 Å². The van der Waals surface area contributed by atoms with Gasteiger partial charge < -0.3 is 19.8 Å². The number of aliphatic carboxylic acids is 2. The van der Waals surface area contributed by atoms with E-state index in [1.165, 1.54) is 87.7 Å². The fourth-order valence-electron chi connectivity index (χ4n) is 3.22. The zero-order chi connectivity index (χ0) is 28.9. The van der Waals surface area contributed by atoms with Crippen molar-refractivity contribution in [1.29, 1.82) is 0 Å². The molecule has 0 fully saturated rings. The molecule has 0 saturated heterocycles. The standard InChI is InChI=1S/2C11H22O2S.2C4H9.Sn/c2*1-4-6-7-10(5-2)8-14-9(3)11(12)13;2*1-3-4-2;/h2*9-10H,4-8H2,1-3H3,(H,12,13);2*1,3-4H2,2H3;/q;;;;+2/p-2. The third-order valence-corrected chi connectivity index (χ3v) is 13.1. The van der Waals surface area contributed by atoms with E-state index in [0.717, 1.165) is 24.3 Å². The summed E-state index contributed by atoms with van der Waals surface area (Å²) in [7, 11) is 0. The summed E-state index contributed by atoms with van der Waals surface area (Å²) in [4.78, 5) is 21.0. The molecule has 0 aromatic carbocycles. The number of carbonyl (C=O) groups is 2. The van der Waals surface area contributed by atoms with E-state index in [1.807, 2.05) is 0 Å². The van der Waals surface area contributed by atoms with Gasteiger partial charge in [0.15, 0.2) is 0 Å². The molecule has 0 bridgehead atoms. The molecule has 0 aromatic heterocycles. The summed E-state index contributed by atoms with van der Waals surface area (Å²) in [5.41, 5.74) is 0. The van der Waals surface area contributed by atoms with E-state index in [4.69, 9.17) is 0 Å². The van der Waals surface area contributed by atoms with Crippen molar-refractivity contribution in [1.82, 2.24) is 0 Å². The van der Waals surface area contributed by atoms with Crippen LogP contribution in [0.5, 0.6) is 0 Å². The van der Waals surface area contributed by atoms with Crippen LogP contribution in [0, 0.1) is 11.8 Å². The molecule has 0 radical (unpaired) electrons. The second-order valence-corrected chi connectivity index (χ2v) is 16.9. The van der Waals surface area contributed by atoms with E-state index in [9.17, 15) is 19.8 Å². The fraction of sp³-hybridized carbons (Fsp3) is 0.933. The van der Waals surface area contributed by atoms with Crippen LogP contribution >= 0.6 is 23.5 Å². The van der Waals surface area contributed by atoms with Gasteiger partial charge in [0.1, 0.15) is 0 Å². The molecule has 220 valence electrons. The monoisotopic (exact) mass is 668 g/mol. The number of carbonyl (C=O) groups excluding carboxylic acids is 2. The van der Waals surface area contributed by atoms with Crippen LogP contribution in [0.2, 0.25) is 8.87 Å². The maximum absolute atomic E-state index is 10.5. The van der Waals surface area contributed by atoms with Gasteiger partial charge >= 0.3 is 69.5 Å². The van der Waals surface area contributed by atoms with Gasteiger partial charge in [-0.25, -0.2) is 0 Å². The van der Waals surface area contributed by atoms with Crippen LogP contribution in [-0.4, -0.2) is 55.1 Å². The van der Waals surface area contributed by atoms with E-state index in [-0.39, 0.29) is 31.6 Å². The number of thioether (sulfide) groups is 2. The quantitative estimate of drug-likeness (QED) is 0.0893. The van der Waals surface area contributed by atoms with E-state index in [2.05, 4.69) is 41.5 Å². The van der Waals surface area contributed by atoms with Gasteiger partial charge in [0.2, 0.25) is 0 Å². The first-order valence-corrected chi connectivity index (χ1v) is 21.1. The molecule has 0 heterocycles. The minimum atomic E-state index is -0.944. The molecule has 4 atom stereocenters. The molecule has 7 heteroatoms. The molecular weight excluding hydrogens is 607 g/mol. The number of unbranched alkanes of at least 4 members (excludes halogenated alkanes) is 4. The number of rotatable bonds is 22. The Kier molecular flexibility index (Phi) is 37.0. The zero-order valence-electron chi connectivity index (χ0n) is 25.6. The van der Waals surface area contributed by atoms with Crippen molar-refractivity contribution in [2.45, 2.75) is 152 Å². The molecule has 0 N–H and O–H groups in total. The Labute approximate surface area is 250 Å². The Bertz CT molecular complexity index is 452. The van der Waals surface area contributed by atoms with Crippen LogP contribution in [0.4, 0.5) is 0 Å². The average Bonchev–Trinajstić information content (AvgIpc) is 2.89. The third kappa shape index (κ3) is 32.5. The van der Waals surface area contributed by atoms with Gasteiger partial charge in [-0.2, -0.15) is 23.5 Å². The van der Waals surface area contributed by atoms with E-state index in [0.29, 0.717) is 11.8 Å². The van der Waals surface area contributed by atoms with Crippen molar-refractivity contribution in [3.63, 3.8) is 0 Å². The molecule has 0 rings (SSSR count). The summed E-state index contributed by atoms with van der Waals surface area (Å²) < 4.78 is 3.25. The topological polar surface area (TPSA) is 80.3 Å². The predicted octanol–water partition coefficient (Wildman–Crippen LogP) is 7.28. The maximum atomic E-state index is 10.5. The molecule has 0 aromatic rings. The summed E-state index contributed by atoms with van der Waals surface area (Å²) in [6, 6.07) is 0. The van der Waals surface area contributed by atoms with Gasteiger partial charge in [-0.05, 0) is 50.0 Å². The molecule has 0 saturated carbocycles. The van der Waals surface area contributed by atoms with E-state index < -0.39 is 11.9 Å². The van der Waals surface area contributed by atoms with Crippen LogP contribution in [0.25, 0.3) is 0 Å². The Morgan fingerprint density at radius 2 is 0.946 bits per heavy atom. The minimum absolute atomic E-state index is 0.149. The summed E-state index contributed by atoms with van der Waals surface area (Å²) in [6.07, 6.45) is 15.5. The number of carboxylic acid groups (broad SMARTS) is 2. The van der Waals surface area contributed by atoms with Crippen molar-refractivity contribution in [3.05, 3.63) is 0 Å².